The van der Waals surface area contributed by atoms with Gasteiger partial charge in [-0.15, -0.1) is 0 Å². The van der Waals surface area contributed by atoms with Gasteiger partial charge in [0.05, 0.1) is 5.92 Å². The first-order valence-electron chi connectivity index (χ1n) is 5.35. The van der Waals surface area contributed by atoms with E-state index in [0.717, 1.165) is 12.4 Å². The van der Waals surface area contributed by atoms with Gasteiger partial charge in [-0.3, -0.25) is 4.79 Å². The highest BCUT2D eigenvalue weighted by atomic mass is 16.4. The molecule has 1 aromatic rings. The summed E-state index contributed by atoms with van der Waals surface area (Å²) >= 11 is 0. The van der Waals surface area contributed by atoms with Crippen molar-refractivity contribution < 1.29 is 9.90 Å². The van der Waals surface area contributed by atoms with E-state index in [9.17, 15) is 4.79 Å². The molecule has 1 N–H and O–H groups in total. The molecular formula is C11H15N3O2. The number of carbonyl (C=O) groups is 1. The van der Waals surface area contributed by atoms with Crippen LogP contribution in [0.3, 0.4) is 0 Å². The number of aryl methyl sites for hydroxylation is 1. The van der Waals surface area contributed by atoms with Crippen LogP contribution < -0.4 is 4.90 Å². The molecule has 1 fully saturated rings. The van der Waals surface area contributed by atoms with Crippen molar-refractivity contribution in [2.24, 2.45) is 11.8 Å². The van der Waals surface area contributed by atoms with Gasteiger partial charge >= 0.3 is 5.97 Å². The molecule has 5 nitrogen and oxygen atoms in total. The van der Waals surface area contributed by atoms with E-state index in [2.05, 4.69) is 9.97 Å². The Morgan fingerprint density at radius 3 is 2.88 bits per heavy atom. The molecule has 16 heavy (non-hydrogen) atoms. The number of aromatic nitrogens is 2. The number of anilines is 1. The van der Waals surface area contributed by atoms with Crippen molar-refractivity contribution in [3.63, 3.8) is 0 Å². The van der Waals surface area contributed by atoms with Gasteiger partial charge in [0.15, 0.2) is 0 Å². The number of carboxylic acids is 1. The van der Waals surface area contributed by atoms with E-state index < -0.39 is 5.97 Å². The predicted molar refractivity (Wildman–Crippen MR) is 59.3 cm³/mol. The summed E-state index contributed by atoms with van der Waals surface area (Å²) in [5.74, 6) is 0.677. The van der Waals surface area contributed by atoms with Crippen LogP contribution >= 0.6 is 0 Å². The summed E-state index contributed by atoms with van der Waals surface area (Å²) in [6.45, 7) is 5.07. The van der Waals surface area contributed by atoms with Crippen LogP contribution in [0, 0.1) is 18.8 Å². The van der Waals surface area contributed by atoms with E-state index in [-0.39, 0.29) is 11.8 Å². The molecular weight excluding hydrogens is 206 g/mol. The fraction of sp³-hybridized carbons (Fsp3) is 0.545. The molecule has 0 aliphatic carbocycles. The lowest BCUT2D eigenvalue weighted by Gasteiger charge is -2.16. The molecule has 0 spiro atoms. The minimum Gasteiger partial charge on any atom is -0.481 e. The van der Waals surface area contributed by atoms with Gasteiger partial charge in [-0.1, -0.05) is 6.92 Å². The smallest absolute Gasteiger partial charge is 0.308 e. The lowest BCUT2D eigenvalue weighted by molar-refractivity contribution is -0.142. The quantitative estimate of drug-likeness (QED) is 0.805. The number of rotatable bonds is 2. The van der Waals surface area contributed by atoms with Crippen LogP contribution in [0.5, 0.6) is 0 Å². The zero-order valence-electron chi connectivity index (χ0n) is 9.42. The summed E-state index contributed by atoms with van der Waals surface area (Å²) < 4.78 is 0. The van der Waals surface area contributed by atoms with Crippen LogP contribution in [-0.2, 0) is 4.79 Å². The van der Waals surface area contributed by atoms with Gasteiger partial charge in [0, 0.05) is 19.3 Å². The molecule has 1 aromatic heterocycles. The third kappa shape index (κ3) is 1.98. The molecule has 1 aliphatic heterocycles. The first-order chi connectivity index (χ1) is 7.58. The first kappa shape index (κ1) is 10.9. The molecule has 0 amide bonds. The standard InChI is InChI=1S/C11H15N3O2/c1-7-5-14(6-9(7)11(15)16)10-3-4-12-8(2)13-10/h3-4,7,9H,5-6H2,1-2H3,(H,15,16)/t7-,9-/m1/s1. The molecule has 0 aromatic carbocycles. The van der Waals surface area contributed by atoms with E-state index >= 15 is 0 Å². The average Bonchev–Trinajstić information content (AvgIpc) is 2.60. The molecule has 0 saturated carbocycles. The van der Waals surface area contributed by atoms with Crippen molar-refractivity contribution in [3.8, 4) is 0 Å². The normalized spacial score (nSPS) is 24.8. The fourth-order valence-electron chi connectivity index (χ4n) is 2.10. The van der Waals surface area contributed by atoms with E-state index in [1.54, 1.807) is 6.20 Å². The Kier molecular flexibility index (Phi) is 2.77. The number of hydrogen-bond donors (Lipinski definition) is 1. The fourth-order valence-corrected chi connectivity index (χ4v) is 2.10. The Morgan fingerprint density at radius 1 is 1.56 bits per heavy atom. The second-order valence-electron chi connectivity index (χ2n) is 4.29. The van der Waals surface area contributed by atoms with Gasteiger partial charge in [0.25, 0.3) is 0 Å². The van der Waals surface area contributed by atoms with Crippen molar-refractivity contribution in [1.29, 1.82) is 0 Å². The third-order valence-electron chi connectivity index (χ3n) is 3.01. The molecule has 1 aliphatic rings. The van der Waals surface area contributed by atoms with Crippen molar-refractivity contribution in [3.05, 3.63) is 18.1 Å². The molecule has 2 heterocycles. The minimum absolute atomic E-state index is 0.160. The highest BCUT2D eigenvalue weighted by Crippen LogP contribution is 2.26. The number of hydrogen-bond acceptors (Lipinski definition) is 4. The summed E-state index contributed by atoms with van der Waals surface area (Å²) in [6.07, 6.45) is 1.70. The van der Waals surface area contributed by atoms with E-state index in [1.807, 2.05) is 24.8 Å². The second kappa shape index (κ2) is 4.08. The Labute approximate surface area is 94.1 Å². The van der Waals surface area contributed by atoms with Gasteiger partial charge in [-0.05, 0) is 18.9 Å². The molecule has 0 bridgehead atoms. The van der Waals surface area contributed by atoms with Crippen LogP contribution in [0.15, 0.2) is 12.3 Å². The molecule has 1 saturated heterocycles. The zero-order valence-corrected chi connectivity index (χ0v) is 9.42. The maximum atomic E-state index is 11.0. The summed E-state index contributed by atoms with van der Waals surface area (Å²) in [5.41, 5.74) is 0. The van der Waals surface area contributed by atoms with E-state index in [0.29, 0.717) is 12.4 Å². The minimum atomic E-state index is -0.722. The maximum Gasteiger partial charge on any atom is 0.308 e. The summed E-state index contributed by atoms with van der Waals surface area (Å²) in [7, 11) is 0. The van der Waals surface area contributed by atoms with Gasteiger partial charge in [-0.25, -0.2) is 9.97 Å². The molecule has 2 rings (SSSR count). The van der Waals surface area contributed by atoms with Crippen molar-refractivity contribution in [2.75, 3.05) is 18.0 Å². The Hall–Kier alpha value is -1.65. The monoisotopic (exact) mass is 221 g/mol. The van der Waals surface area contributed by atoms with Gasteiger partial charge in [0.2, 0.25) is 0 Å². The summed E-state index contributed by atoms with van der Waals surface area (Å²) in [6, 6.07) is 1.82. The molecule has 86 valence electrons. The van der Waals surface area contributed by atoms with Crippen LogP contribution in [0.1, 0.15) is 12.7 Å². The number of carboxylic acid groups (broad SMARTS) is 1. The van der Waals surface area contributed by atoms with Crippen molar-refractivity contribution >= 4 is 11.8 Å². The lowest BCUT2D eigenvalue weighted by atomic mass is 9.99. The van der Waals surface area contributed by atoms with Crippen molar-refractivity contribution in [1.82, 2.24) is 9.97 Å². The zero-order chi connectivity index (χ0) is 11.7. The van der Waals surface area contributed by atoms with Crippen LogP contribution in [0.2, 0.25) is 0 Å². The van der Waals surface area contributed by atoms with E-state index in [4.69, 9.17) is 5.11 Å². The maximum absolute atomic E-state index is 11.0. The SMILES string of the molecule is Cc1nccc(N2C[C@@H](C)[C@H](C(=O)O)C2)n1. The third-order valence-corrected chi connectivity index (χ3v) is 3.01. The Balaban J connectivity index is 2.16. The summed E-state index contributed by atoms with van der Waals surface area (Å²) in [4.78, 5) is 21.3. The highest BCUT2D eigenvalue weighted by molar-refractivity contribution is 5.72. The second-order valence-corrected chi connectivity index (χ2v) is 4.29. The molecule has 0 radical (unpaired) electrons. The Morgan fingerprint density at radius 2 is 2.31 bits per heavy atom. The average molecular weight is 221 g/mol. The lowest BCUT2D eigenvalue weighted by Crippen LogP contribution is -2.23. The predicted octanol–water partition coefficient (Wildman–Crippen LogP) is 0.942. The molecule has 5 heteroatoms. The summed E-state index contributed by atoms with van der Waals surface area (Å²) in [5, 5.41) is 9.04. The van der Waals surface area contributed by atoms with Crippen LogP contribution in [0.4, 0.5) is 5.82 Å². The molecule has 0 unspecified atom stereocenters. The van der Waals surface area contributed by atoms with Gasteiger partial charge < -0.3 is 10.0 Å². The number of nitrogens with zero attached hydrogens (tertiary/aromatic N) is 3. The highest BCUT2D eigenvalue weighted by Gasteiger charge is 2.35. The van der Waals surface area contributed by atoms with E-state index in [1.165, 1.54) is 0 Å². The van der Waals surface area contributed by atoms with Crippen molar-refractivity contribution in [2.45, 2.75) is 13.8 Å². The van der Waals surface area contributed by atoms with Crippen LogP contribution in [0.25, 0.3) is 0 Å². The molecule has 2 atom stereocenters. The van der Waals surface area contributed by atoms with Gasteiger partial charge in [-0.2, -0.15) is 0 Å². The first-order valence-corrected chi connectivity index (χ1v) is 5.35. The van der Waals surface area contributed by atoms with Gasteiger partial charge in [0.1, 0.15) is 11.6 Å². The Bertz CT molecular complexity index is 408. The number of aliphatic carboxylic acids is 1. The largest absolute Gasteiger partial charge is 0.481 e. The topological polar surface area (TPSA) is 66.3 Å². The van der Waals surface area contributed by atoms with Crippen LogP contribution in [-0.4, -0.2) is 34.1 Å².